The molecule has 0 saturated heterocycles. The average molecular weight is 594 g/mol. The second kappa shape index (κ2) is 12.0. The Bertz CT molecular complexity index is 1370. The fourth-order valence-electron chi connectivity index (χ4n) is 3.97. The molecule has 0 aliphatic rings. The van der Waals surface area contributed by atoms with Gasteiger partial charge in [-0.2, -0.15) is 30.7 Å². The minimum absolute atomic E-state index is 0.218. The summed E-state index contributed by atoms with van der Waals surface area (Å²) in [4.78, 5) is 24.1. The maximum atomic E-state index is 14.8. The van der Waals surface area contributed by atoms with E-state index in [1.807, 2.05) is 5.32 Å². The number of halogens is 9. The van der Waals surface area contributed by atoms with Gasteiger partial charge < -0.3 is 20.5 Å². The quantitative estimate of drug-likeness (QED) is 0.251. The molecule has 0 aliphatic heterocycles. The fraction of sp³-hybridized carbons (Fsp3) is 0.231. The maximum Gasteiger partial charge on any atom is 0.461 e. The third-order valence-corrected chi connectivity index (χ3v) is 5.72. The molecule has 2 amide bonds. The van der Waals surface area contributed by atoms with Gasteiger partial charge in [-0.05, 0) is 41.0 Å². The molecule has 0 bridgehead atoms. The molecule has 3 rings (SSSR count). The lowest BCUT2D eigenvalue weighted by Gasteiger charge is -2.38. The van der Waals surface area contributed by atoms with Gasteiger partial charge in [-0.25, -0.2) is 13.6 Å². The molecule has 0 aromatic heterocycles. The Morgan fingerprint density at radius 1 is 0.829 bits per heavy atom. The van der Waals surface area contributed by atoms with Crippen LogP contribution in [0.25, 0.3) is 0 Å². The Balaban J connectivity index is 2.31. The molecule has 3 N–H and O–H groups in total. The minimum Gasteiger partial charge on any atom is -0.465 e. The molecule has 2 unspecified atom stereocenters. The zero-order chi connectivity index (χ0) is 30.6. The Kier molecular flexibility index (Phi) is 9.09. The number of nitrogens with one attached hydrogen (secondary N) is 2. The number of hydrogen-bond donors (Lipinski definition) is 3. The summed E-state index contributed by atoms with van der Waals surface area (Å²) in [6.45, 7) is 0. The highest BCUT2D eigenvalue weighted by Crippen LogP contribution is 2.38. The zero-order valence-corrected chi connectivity index (χ0v) is 20.4. The monoisotopic (exact) mass is 594 g/mol. The van der Waals surface area contributed by atoms with Crippen LogP contribution in [0, 0.1) is 11.6 Å². The summed E-state index contributed by atoms with van der Waals surface area (Å²) in [6, 6.07) is 9.15. The van der Waals surface area contributed by atoms with Crippen LogP contribution in [0.2, 0.25) is 0 Å². The first kappa shape index (κ1) is 31.1. The summed E-state index contributed by atoms with van der Waals surface area (Å²) >= 11 is 0. The number of rotatable bonds is 10. The molecule has 41 heavy (non-hydrogen) atoms. The van der Waals surface area contributed by atoms with Crippen molar-refractivity contribution in [2.75, 3.05) is 0 Å². The van der Waals surface area contributed by atoms with Gasteiger partial charge in [0.1, 0.15) is 17.4 Å². The summed E-state index contributed by atoms with van der Waals surface area (Å²) in [6.07, 6.45) is -17.7. The Labute approximate surface area is 225 Å². The van der Waals surface area contributed by atoms with Crippen molar-refractivity contribution in [3.8, 4) is 5.75 Å². The third-order valence-electron chi connectivity index (χ3n) is 5.72. The van der Waals surface area contributed by atoms with E-state index >= 15 is 0 Å². The van der Waals surface area contributed by atoms with E-state index in [1.54, 1.807) is 6.07 Å². The zero-order valence-electron chi connectivity index (χ0n) is 20.4. The van der Waals surface area contributed by atoms with Gasteiger partial charge in [0.25, 0.3) is 5.91 Å². The van der Waals surface area contributed by atoms with Gasteiger partial charge in [-0.15, -0.1) is 0 Å². The van der Waals surface area contributed by atoms with Crippen molar-refractivity contribution in [1.82, 2.24) is 10.6 Å². The molecule has 15 heteroatoms. The molecule has 0 fully saturated rings. The highest BCUT2D eigenvalue weighted by Gasteiger charge is 2.49. The van der Waals surface area contributed by atoms with E-state index in [9.17, 15) is 49.1 Å². The summed E-state index contributed by atoms with van der Waals surface area (Å²) in [5.41, 5.74) is -2.91. The molecule has 6 nitrogen and oxygen atoms in total. The van der Waals surface area contributed by atoms with Crippen molar-refractivity contribution in [1.29, 1.82) is 0 Å². The largest absolute Gasteiger partial charge is 0.465 e. The first-order chi connectivity index (χ1) is 19.0. The van der Waals surface area contributed by atoms with E-state index in [4.69, 9.17) is 5.11 Å². The SMILES string of the molecule is O=C(O)NC(C(=O)NC(Cc1ccccc1)(c1ccc(F)cc1)c1cc(F)cc(OC(F)(F)C(F)F)c1)C(F)(F)F. The van der Waals surface area contributed by atoms with Crippen LogP contribution in [0.5, 0.6) is 5.75 Å². The number of alkyl halides is 7. The van der Waals surface area contributed by atoms with Crippen LogP contribution in [0.3, 0.4) is 0 Å². The molecule has 220 valence electrons. The van der Waals surface area contributed by atoms with Crippen LogP contribution in [0.1, 0.15) is 16.7 Å². The molecule has 0 heterocycles. The van der Waals surface area contributed by atoms with Crippen molar-refractivity contribution in [3.63, 3.8) is 0 Å². The Morgan fingerprint density at radius 3 is 1.98 bits per heavy atom. The number of benzene rings is 3. The average Bonchev–Trinajstić information content (AvgIpc) is 2.86. The maximum absolute atomic E-state index is 14.8. The molecule has 0 spiro atoms. The first-order valence-corrected chi connectivity index (χ1v) is 11.4. The second-order valence-corrected chi connectivity index (χ2v) is 8.63. The van der Waals surface area contributed by atoms with Crippen LogP contribution >= 0.6 is 0 Å². The van der Waals surface area contributed by atoms with Gasteiger partial charge in [0.05, 0.1) is 5.54 Å². The number of carboxylic acid groups (broad SMARTS) is 1. The van der Waals surface area contributed by atoms with Gasteiger partial charge >= 0.3 is 24.8 Å². The van der Waals surface area contributed by atoms with Crippen LogP contribution in [-0.2, 0) is 16.8 Å². The van der Waals surface area contributed by atoms with Crippen molar-refractivity contribution in [2.24, 2.45) is 0 Å². The topological polar surface area (TPSA) is 87.7 Å². The summed E-state index contributed by atoms with van der Waals surface area (Å²) in [5.74, 6) is -5.42. The lowest BCUT2D eigenvalue weighted by atomic mass is 9.77. The number of ether oxygens (including phenoxy) is 1. The van der Waals surface area contributed by atoms with Gasteiger partial charge in [0, 0.05) is 12.5 Å². The summed E-state index contributed by atoms with van der Waals surface area (Å²) in [7, 11) is 0. The molecule has 0 saturated carbocycles. The third kappa shape index (κ3) is 7.61. The van der Waals surface area contributed by atoms with E-state index in [2.05, 4.69) is 4.74 Å². The van der Waals surface area contributed by atoms with E-state index < -0.39 is 71.7 Å². The molecule has 3 aromatic carbocycles. The van der Waals surface area contributed by atoms with Crippen LogP contribution < -0.4 is 15.4 Å². The lowest BCUT2D eigenvalue weighted by molar-refractivity contribution is -0.253. The molecule has 0 radical (unpaired) electrons. The van der Waals surface area contributed by atoms with E-state index in [0.717, 1.165) is 29.6 Å². The predicted molar refractivity (Wildman–Crippen MR) is 124 cm³/mol. The van der Waals surface area contributed by atoms with Gasteiger partial charge in [-0.3, -0.25) is 4.79 Å². The lowest BCUT2D eigenvalue weighted by Crippen LogP contribution is -2.60. The normalized spacial score (nSPS) is 14.2. The number of carbonyl (C=O) groups is 2. The first-order valence-electron chi connectivity index (χ1n) is 11.4. The van der Waals surface area contributed by atoms with Crippen LogP contribution in [0.4, 0.5) is 44.3 Å². The second-order valence-electron chi connectivity index (χ2n) is 8.63. The standard InChI is InChI=1S/C26H19F9N2O4/c27-17-8-6-15(7-9-17)24(13-14-4-2-1-3-5-14,37-21(38)20(25(31,32)33)36-23(39)40)16-10-18(28)12-19(11-16)41-26(34,35)22(29)30/h1-12,20,22,36H,13H2,(H,37,38)(H,39,40). The highest BCUT2D eigenvalue weighted by molar-refractivity contribution is 5.87. The van der Waals surface area contributed by atoms with Gasteiger partial charge in [0.2, 0.25) is 6.04 Å². The Morgan fingerprint density at radius 2 is 1.44 bits per heavy atom. The molecule has 3 aromatic rings. The van der Waals surface area contributed by atoms with E-state index in [0.29, 0.717) is 18.2 Å². The van der Waals surface area contributed by atoms with Crippen LogP contribution in [-0.4, -0.2) is 41.9 Å². The molecular weight excluding hydrogens is 575 g/mol. The van der Waals surface area contributed by atoms with Gasteiger partial charge in [-0.1, -0.05) is 42.5 Å². The fourth-order valence-corrected chi connectivity index (χ4v) is 3.97. The van der Waals surface area contributed by atoms with Crippen molar-refractivity contribution < 1.29 is 58.9 Å². The van der Waals surface area contributed by atoms with Gasteiger partial charge in [0.15, 0.2) is 0 Å². The van der Waals surface area contributed by atoms with Crippen molar-refractivity contribution in [3.05, 3.63) is 101 Å². The number of hydrogen-bond acceptors (Lipinski definition) is 3. The summed E-state index contributed by atoms with van der Waals surface area (Å²) < 4.78 is 127. The molecule has 0 aliphatic carbocycles. The van der Waals surface area contributed by atoms with Crippen molar-refractivity contribution >= 4 is 12.0 Å². The summed E-state index contributed by atoms with van der Waals surface area (Å²) in [5, 5.41) is 11.9. The molecular formula is C26H19F9N2O4. The highest BCUT2D eigenvalue weighted by atomic mass is 19.4. The van der Waals surface area contributed by atoms with Crippen LogP contribution in [0.15, 0.2) is 72.8 Å². The number of carbonyl (C=O) groups excluding carboxylic acids is 1. The predicted octanol–water partition coefficient (Wildman–Crippen LogP) is 6.00. The van der Waals surface area contributed by atoms with Crippen molar-refractivity contribution in [2.45, 2.75) is 36.7 Å². The molecule has 2 atom stereocenters. The smallest absolute Gasteiger partial charge is 0.461 e. The minimum atomic E-state index is -5.49. The van der Waals surface area contributed by atoms with E-state index in [1.165, 1.54) is 24.3 Å². The Hall–Kier alpha value is -4.43. The van der Waals surface area contributed by atoms with E-state index in [-0.39, 0.29) is 11.1 Å². The number of amides is 2.